The van der Waals surface area contributed by atoms with Crippen LogP contribution in [0.1, 0.15) is 24.8 Å². The molecule has 2 aliphatic rings. The minimum Gasteiger partial charge on any atom is -0.299 e. The molecule has 8 nitrogen and oxygen atoms in total. The number of benzene rings is 1. The number of ketones is 1. The van der Waals surface area contributed by atoms with Gasteiger partial charge < -0.3 is 0 Å². The molecular weight excluding hydrogens is 302 g/mol. The van der Waals surface area contributed by atoms with Crippen LogP contribution in [-0.2, 0) is 11.3 Å². The Balaban J connectivity index is 1.94. The predicted molar refractivity (Wildman–Crippen MR) is 80.0 cm³/mol. The molecule has 2 bridgehead atoms. The molecule has 0 aromatic heterocycles. The third-order valence-corrected chi connectivity index (χ3v) is 4.77. The van der Waals surface area contributed by atoms with Crippen LogP contribution >= 0.6 is 0 Å². The van der Waals surface area contributed by atoms with E-state index in [9.17, 15) is 25.0 Å². The van der Waals surface area contributed by atoms with E-state index in [2.05, 4.69) is 0 Å². The fraction of sp³-hybridized carbons (Fsp3) is 0.533. The number of likely N-dealkylation sites (tertiary alicyclic amines) is 1. The molecule has 1 aromatic rings. The average molecular weight is 319 g/mol. The van der Waals surface area contributed by atoms with Crippen molar-refractivity contribution in [3.63, 3.8) is 0 Å². The molecule has 0 spiro atoms. The summed E-state index contributed by atoms with van der Waals surface area (Å²) >= 11 is 0. The molecule has 1 heterocycles. The highest BCUT2D eigenvalue weighted by Crippen LogP contribution is 2.43. The van der Waals surface area contributed by atoms with Crippen molar-refractivity contribution in [3.8, 4) is 0 Å². The number of Topliss-reactive ketones (excluding diaryl/α,β-unsaturated/α-hetero) is 1. The number of hydrogen-bond donors (Lipinski definition) is 0. The Morgan fingerprint density at radius 1 is 1.00 bits per heavy atom. The lowest BCUT2D eigenvalue weighted by Gasteiger charge is -2.45. The van der Waals surface area contributed by atoms with E-state index in [0.717, 1.165) is 5.56 Å². The number of carbonyl (C=O) groups is 1. The van der Waals surface area contributed by atoms with E-state index < -0.39 is 20.9 Å². The first-order valence-corrected chi connectivity index (χ1v) is 7.42. The van der Waals surface area contributed by atoms with Gasteiger partial charge in [-0.25, -0.2) is 0 Å². The van der Waals surface area contributed by atoms with E-state index in [0.29, 0.717) is 6.54 Å². The van der Waals surface area contributed by atoms with Crippen LogP contribution in [0.15, 0.2) is 30.3 Å². The first-order valence-electron chi connectivity index (χ1n) is 7.42. The first-order chi connectivity index (χ1) is 10.9. The van der Waals surface area contributed by atoms with E-state index in [-0.39, 0.29) is 38.1 Å². The first kappa shape index (κ1) is 15.5. The molecule has 2 atom stereocenters. The lowest BCUT2D eigenvalue weighted by molar-refractivity contribution is -0.628. The second kappa shape index (κ2) is 5.38. The van der Waals surface area contributed by atoms with Crippen LogP contribution in [0.25, 0.3) is 0 Å². The van der Waals surface area contributed by atoms with Crippen molar-refractivity contribution >= 4 is 5.78 Å². The normalized spacial score (nSPS) is 30.9. The average Bonchev–Trinajstić information content (AvgIpc) is 2.46. The van der Waals surface area contributed by atoms with Gasteiger partial charge in [-0.1, -0.05) is 30.3 Å². The quantitative estimate of drug-likeness (QED) is 0.611. The largest absolute Gasteiger partial charge is 0.299 e. The van der Waals surface area contributed by atoms with Crippen molar-refractivity contribution in [3.05, 3.63) is 56.1 Å². The van der Waals surface area contributed by atoms with Gasteiger partial charge in [-0.2, -0.15) is 0 Å². The van der Waals surface area contributed by atoms with Crippen LogP contribution < -0.4 is 0 Å². The Kier molecular flexibility index (Phi) is 3.63. The molecule has 23 heavy (non-hydrogen) atoms. The van der Waals surface area contributed by atoms with Crippen molar-refractivity contribution in [2.24, 2.45) is 0 Å². The van der Waals surface area contributed by atoms with Crippen LogP contribution in [-0.4, -0.2) is 44.7 Å². The van der Waals surface area contributed by atoms with Gasteiger partial charge in [-0.3, -0.25) is 29.9 Å². The van der Waals surface area contributed by atoms with Crippen molar-refractivity contribution in [2.75, 3.05) is 13.1 Å². The smallest absolute Gasteiger partial charge is 0.248 e. The molecule has 1 aromatic carbocycles. The molecule has 2 unspecified atom stereocenters. The van der Waals surface area contributed by atoms with Gasteiger partial charge in [-0.05, 0) is 5.56 Å². The lowest BCUT2D eigenvalue weighted by Crippen LogP contribution is -2.68. The molecule has 3 rings (SSSR count). The Hall–Kier alpha value is -2.35. The summed E-state index contributed by atoms with van der Waals surface area (Å²) in [5.74, 6) is -0.385. The summed E-state index contributed by atoms with van der Waals surface area (Å²) in [6, 6.07) is 9.34. The lowest BCUT2D eigenvalue weighted by atomic mass is 9.67. The van der Waals surface area contributed by atoms with Crippen LogP contribution in [0.5, 0.6) is 0 Å². The molecule has 1 saturated carbocycles. The van der Waals surface area contributed by atoms with Gasteiger partial charge in [0.2, 0.25) is 11.1 Å². The van der Waals surface area contributed by atoms with E-state index in [1.165, 1.54) is 0 Å². The van der Waals surface area contributed by atoms with Gasteiger partial charge in [-0.15, -0.1) is 0 Å². The summed E-state index contributed by atoms with van der Waals surface area (Å²) in [6.45, 7) is 0.534. The van der Waals surface area contributed by atoms with Crippen LogP contribution in [0.2, 0.25) is 0 Å². The number of carbonyl (C=O) groups excluding carboxylic acids is 1. The molecule has 1 saturated heterocycles. The molecule has 0 amide bonds. The number of piperidine rings is 1. The highest BCUT2D eigenvalue weighted by atomic mass is 16.6. The summed E-state index contributed by atoms with van der Waals surface area (Å²) in [6.07, 6.45) is -0.612. The molecule has 8 heteroatoms. The fourth-order valence-corrected chi connectivity index (χ4v) is 3.97. The Morgan fingerprint density at radius 2 is 1.52 bits per heavy atom. The maximum atomic E-state index is 11.9. The Bertz CT molecular complexity index is 630. The van der Waals surface area contributed by atoms with Gasteiger partial charge in [0.1, 0.15) is 5.78 Å². The minimum absolute atomic E-state index is 0.0657. The van der Waals surface area contributed by atoms with Gasteiger partial charge in [0.15, 0.2) is 0 Å². The molecular formula is C15H17N3O5. The summed E-state index contributed by atoms with van der Waals surface area (Å²) in [7, 11) is 0. The Labute approximate surface area is 132 Å². The Morgan fingerprint density at radius 3 is 2.00 bits per heavy atom. The van der Waals surface area contributed by atoms with Crippen LogP contribution in [0, 0.1) is 20.2 Å². The third kappa shape index (κ3) is 2.70. The third-order valence-electron chi connectivity index (χ3n) is 4.77. The van der Waals surface area contributed by atoms with E-state index in [1.807, 2.05) is 30.3 Å². The molecule has 2 fully saturated rings. The molecule has 1 aliphatic heterocycles. The zero-order valence-corrected chi connectivity index (χ0v) is 12.5. The van der Waals surface area contributed by atoms with Gasteiger partial charge in [0, 0.05) is 16.4 Å². The predicted octanol–water partition coefficient (Wildman–Crippen LogP) is 1.29. The van der Waals surface area contributed by atoms with E-state index in [4.69, 9.17) is 0 Å². The second-order valence-electron chi connectivity index (χ2n) is 6.66. The molecule has 0 radical (unpaired) electrons. The van der Waals surface area contributed by atoms with Crippen molar-refractivity contribution < 1.29 is 14.6 Å². The summed E-state index contributed by atoms with van der Waals surface area (Å²) in [5.41, 5.74) is -2.15. The summed E-state index contributed by atoms with van der Waals surface area (Å²) < 4.78 is 0. The molecule has 0 N–H and O–H groups in total. The number of rotatable bonds is 4. The number of fused-ring (bicyclic) bond motifs is 2. The zero-order valence-electron chi connectivity index (χ0n) is 12.5. The fourth-order valence-electron chi connectivity index (χ4n) is 3.97. The summed E-state index contributed by atoms with van der Waals surface area (Å²) in [5, 5.41) is 23.2. The maximum absolute atomic E-state index is 11.9. The van der Waals surface area contributed by atoms with Crippen molar-refractivity contribution in [2.45, 2.75) is 36.9 Å². The highest BCUT2D eigenvalue weighted by Gasteiger charge is 2.66. The topological polar surface area (TPSA) is 107 Å². The number of nitro groups is 2. The standard InChI is InChI=1S/C15H17N3O5/c19-13-6-14(17(20)21)9-15(7-13,18(22)23)11-16(10-14)8-12-4-2-1-3-5-12/h1-5H,6-11H2. The van der Waals surface area contributed by atoms with Gasteiger partial charge in [0.05, 0.1) is 32.4 Å². The SMILES string of the molecule is O=C1CC2([N+](=O)[O-])CN(Cc3ccccc3)CC([N+](=O)[O-])(C1)C2. The number of nitrogens with zero attached hydrogens (tertiary/aromatic N) is 3. The van der Waals surface area contributed by atoms with Crippen LogP contribution in [0.3, 0.4) is 0 Å². The summed E-state index contributed by atoms with van der Waals surface area (Å²) in [4.78, 5) is 35.9. The minimum atomic E-state index is -1.55. The number of hydrogen-bond acceptors (Lipinski definition) is 6. The molecule has 122 valence electrons. The van der Waals surface area contributed by atoms with Gasteiger partial charge >= 0.3 is 0 Å². The highest BCUT2D eigenvalue weighted by molar-refractivity contribution is 5.82. The van der Waals surface area contributed by atoms with Crippen molar-refractivity contribution in [1.82, 2.24) is 4.90 Å². The monoisotopic (exact) mass is 319 g/mol. The zero-order chi connectivity index (χ0) is 16.7. The van der Waals surface area contributed by atoms with E-state index in [1.54, 1.807) is 4.90 Å². The van der Waals surface area contributed by atoms with E-state index >= 15 is 0 Å². The molecule has 1 aliphatic carbocycles. The van der Waals surface area contributed by atoms with Crippen LogP contribution in [0.4, 0.5) is 0 Å². The van der Waals surface area contributed by atoms with Gasteiger partial charge in [0.25, 0.3) is 0 Å². The maximum Gasteiger partial charge on any atom is 0.248 e. The second-order valence-corrected chi connectivity index (χ2v) is 6.66. The van der Waals surface area contributed by atoms with Crippen molar-refractivity contribution in [1.29, 1.82) is 0 Å².